The second-order valence-corrected chi connectivity index (χ2v) is 20.5. The number of para-hydroxylation sites is 1. The van der Waals surface area contributed by atoms with Gasteiger partial charge in [0.2, 0.25) is 0 Å². The quantitative estimate of drug-likeness (QED) is 0.166. The van der Waals surface area contributed by atoms with Crippen molar-refractivity contribution >= 4 is 43.2 Å². The van der Waals surface area contributed by atoms with Crippen LogP contribution in [0.5, 0.6) is 0 Å². The SMILES string of the molecule is c1ccc(-c2cc3ccccc3cn2)cc1.c1ccc(-c2ccc3ccccc3n2)cc1.c1ccc(-c2cccc3ccccc23)cc1.c1ccc(-c2ccccc2)cc1.c1ccc(-c2ccccn2)cc1.c1ccc(-c2nccc3ccccc23)cc1. The third-order valence-electron chi connectivity index (χ3n) is 14.6. The van der Waals surface area contributed by atoms with Crippen molar-refractivity contribution in [3.63, 3.8) is 0 Å². The molecular weight excluding hydrogens is 1060 g/mol. The van der Waals surface area contributed by atoms with E-state index in [2.05, 4.69) is 257 Å². The fraction of sp³-hybridized carbons (Fsp3) is 0. The van der Waals surface area contributed by atoms with Gasteiger partial charge in [-0.1, -0.05) is 334 Å². The third-order valence-corrected chi connectivity index (χ3v) is 14.6. The molecule has 0 fully saturated rings. The summed E-state index contributed by atoms with van der Waals surface area (Å²) in [5.74, 6) is 0. The van der Waals surface area contributed by atoms with Crippen molar-refractivity contribution in [2.45, 2.75) is 0 Å². The van der Waals surface area contributed by atoms with E-state index >= 15 is 0 Å². The number of rotatable bonds is 6. The fourth-order valence-electron chi connectivity index (χ4n) is 10.1. The minimum Gasteiger partial charge on any atom is -0.256 e. The molecule has 0 aliphatic carbocycles. The lowest BCUT2D eigenvalue weighted by Gasteiger charge is -2.06. The Morgan fingerprint density at radius 3 is 1.18 bits per heavy atom. The summed E-state index contributed by atoms with van der Waals surface area (Å²) in [5.41, 5.74) is 15.0. The summed E-state index contributed by atoms with van der Waals surface area (Å²) in [6.07, 6.45) is 5.60. The van der Waals surface area contributed by atoms with E-state index in [0.29, 0.717) is 0 Å². The Kier molecular flexibility index (Phi) is 20.3. The lowest BCUT2D eigenvalue weighted by atomic mass is 9.98. The van der Waals surface area contributed by atoms with Crippen molar-refractivity contribution in [1.29, 1.82) is 0 Å². The number of fused-ring (bicyclic) bond motifs is 4. The average molecular weight is 1130 g/mol. The monoisotopic (exact) mass is 1130 g/mol. The summed E-state index contributed by atoms with van der Waals surface area (Å²) in [5, 5.41) is 8.65. The van der Waals surface area contributed by atoms with E-state index in [4.69, 9.17) is 0 Å². The molecule has 0 atom stereocenters. The molecule has 0 aliphatic rings. The first-order chi connectivity index (χ1) is 43.7. The van der Waals surface area contributed by atoms with Crippen LogP contribution in [0.15, 0.2) is 389 Å². The van der Waals surface area contributed by atoms with Gasteiger partial charge >= 0.3 is 0 Å². The molecule has 0 radical (unpaired) electrons. The molecule has 4 aromatic heterocycles. The third kappa shape index (κ3) is 15.9. The summed E-state index contributed by atoms with van der Waals surface area (Å²) in [7, 11) is 0. The van der Waals surface area contributed by atoms with Crippen molar-refractivity contribution < 1.29 is 0 Å². The van der Waals surface area contributed by atoms with Crippen molar-refractivity contribution in [3.8, 4) is 67.3 Å². The smallest absolute Gasteiger partial charge is 0.0780 e. The van der Waals surface area contributed by atoms with Gasteiger partial charge in [-0.3, -0.25) is 15.0 Å². The number of nitrogens with zero attached hydrogens (tertiary/aromatic N) is 4. The Morgan fingerprint density at radius 2 is 0.614 bits per heavy atom. The maximum absolute atomic E-state index is 4.65. The number of hydrogen-bond donors (Lipinski definition) is 0. The summed E-state index contributed by atoms with van der Waals surface area (Å²) in [6.45, 7) is 0. The van der Waals surface area contributed by atoms with E-state index < -0.39 is 0 Å². The van der Waals surface area contributed by atoms with Crippen molar-refractivity contribution in [2.75, 3.05) is 0 Å². The first kappa shape index (κ1) is 58.1. The van der Waals surface area contributed by atoms with Gasteiger partial charge in [0, 0.05) is 57.0 Å². The number of benzene rings is 12. The lowest BCUT2D eigenvalue weighted by molar-refractivity contribution is 1.33. The Bertz CT molecular complexity index is 4290. The van der Waals surface area contributed by atoms with Gasteiger partial charge in [0.1, 0.15) is 0 Å². The van der Waals surface area contributed by atoms with Crippen LogP contribution in [0.3, 0.4) is 0 Å². The molecule has 12 aromatic carbocycles. The Morgan fingerprint density at radius 1 is 0.193 bits per heavy atom. The van der Waals surface area contributed by atoms with E-state index in [-0.39, 0.29) is 0 Å². The minimum absolute atomic E-state index is 1.03. The van der Waals surface area contributed by atoms with Crippen LogP contribution < -0.4 is 0 Å². The normalized spacial score (nSPS) is 10.3. The predicted octanol–water partition coefficient (Wildman–Crippen LogP) is 22.3. The Labute approximate surface area is 516 Å². The van der Waals surface area contributed by atoms with Crippen molar-refractivity contribution in [3.05, 3.63) is 389 Å². The molecule has 4 heteroatoms. The van der Waals surface area contributed by atoms with Crippen LogP contribution in [-0.2, 0) is 0 Å². The zero-order chi connectivity index (χ0) is 59.6. The molecule has 88 heavy (non-hydrogen) atoms. The average Bonchev–Trinajstić information content (AvgIpc) is 3.82. The van der Waals surface area contributed by atoms with E-state index in [1.807, 2.05) is 152 Å². The molecule has 420 valence electrons. The molecular formula is C84H64N4. The predicted molar refractivity (Wildman–Crippen MR) is 372 cm³/mol. The van der Waals surface area contributed by atoms with Gasteiger partial charge in [0.15, 0.2) is 0 Å². The number of pyridine rings is 4. The van der Waals surface area contributed by atoms with Crippen molar-refractivity contribution in [2.24, 2.45) is 0 Å². The molecule has 0 amide bonds. The van der Waals surface area contributed by atoms with Gasteiger partial charge in [-0.2, -0.15) is 0 Å². The summed E-state index contributed by atoms with van der Waals surface area (Å²) < 4.78 is 0. The largest absolute Gasteiger partial charge is 0.256 e. The molecule has 0 saturated carbocycles. The Balaban J connectivity index is 0.000000110. The van der Waals surface area contributed by atoms with Crippen LogP contribution in [0.1, 0.15) is 0 Å². The molecule has 0 unspecified atom stereocenters. The van der Waals surface area contributed by atoms with Crippen LogP contribution in [0.25, 0.3) is 111 Å². The van der Waals surface area contributed by atoms with Crippen LogP contribution in [0.4, 0.5) is 0 Å². The maximum Gasteiger partial charge on any atom is 0.0780 e. The standard InChI is InChI=1S/C16H12.3C15H11N.C12H10.C11H9N/c1-2-7-13(8-3-1)16-12-6-10-14-9-4-5-11-15(14)16;1-2-7-13(8-3-1)15-14-9-5-4-6-12(14)10-11-16-15;1-2-6-12(7-3-1)15-10-13-8-4-5-9-14(13)11-16-15;1-2-6-12(7-3-1)15-11-10-13-8-4-5-9-14(13)16-15;1-3-7-11(8-4-1)12-9-5-2-6-10-12;1-2-6-10(7-3-1)11-8-4-5-9-12-11/h1-12H;3*1-11H;1-10H;1-9H. The highest BCUT2D eigenvalue weighted by atomic mass is 14.7. The van der Waals surface area contributed by atoms with Gasteiger partial charge in [-0.25, -0.2) is 4.98 Å². The lowest BCUT2D eigenvalue weighted by Crippen LogP contribution is -1.84. The maximum atomic E-state index is 4.65. The highest BCUT2D eigenvalue weighted by Crippen LogP contribution is 2.29. The van der Waals surface area contributed by atoms with Crippen molar-refractivity contribution in [1.82, 2.24) is 19.9 Å². The molecule has 4 nitrogen and oxygen atoms in total. The highest BCUT2D eigenvalue weighted by molar-refractivity contribution is 5.97. The fourth-order valence-corrected chi connectivity index (χ4v) is 10.1. The van der Waals surface area contributed by atoms with Crippen LogP contribution in [-0.4, -0.2) is 19.9 Å². The van der Waals surface area contributed by atoms with E-state index in [1.165, 1.54) is 65.5 Å². The van der Waals surface area contributed by atoms with Crippen LogP contribution >= 0.6 is 0 Å². The van der Waals surface area contributed by atoms with Gasteiger partial charge in [0.25, 0.3) is 0 Å². The molecule has 0 spiro atoms. The van der Waals surface area contributed by atoms with Gasteiger partial charge < -0.3 is 0 Å². The van der Waals surface area contributed by atoms with Crippen LogP contribution in [0, 0.1) is 0 Å². The molecule has 0 N–H and O–H groups in total. The minimum atomic E-state index is 1.03. The second-order valence-electron chi connectivity index (χ2n) is 20.5. The molecule has 0 saturated heterocycles. The Hall–Kier alpha value is -11.7. The second kappa shape index (κ2) is 30.7. The van der Waals surface area contributed by atoms with Gasteiger partial charge in [-0.15, -0.1) is 0 Å². The summed E-state index contributed by atoms with van der Waals surface area (Å²) in [4.78, 5) is 17.8. The van der Waals surface area contributed by atoms with Gasteiger partial charge in [-0.05, 0) is 80.2 Å². The van der Waals surface area contributed by atoms with Crippen LogP contribution in [0.2, 0.25) is 0 Å². The zero-order valence-electron chi connectivity index (χ0n) is 48.7. The molecule has 16 aromatic rings. The number of hydrogen-bond acceptors (Lipinski definition) is 4. The summed E-state index contributed by atoms with van der Waals surface area (Å²) in [6, 6.07) is 126. The topological polar surface area (TPSA) is 51.6 Å². The van der Waals surface area contributed by atoms with E-state index in [1.54, 1.807) is 0 Å². The number of aromatic nitrogens is 4. The van der Waals surface area contributed by atoms with E-state index in [9.17, 15) is 0 Å². The molecule has 0 aliphatic heterocycles. The molecule has 0 bridgehead atoms. The van der Waals surface area contributed by atoms with E-state index in [0.717, 1.165) is 45.0 Å². The highest BCUT2D eigenvalue weighted by Gasteiger charge is 2.06. The summed E-state index contributed by atoms with van der Waals surface area (Å²) >= 11 is 0. The molecule has 4 heterocycles. The van der Waals surface area contributed by atoms with Gasteiger partial charge in [0.05, 0.1) is 28.3 Å². The first-order valence-electron chi connectivity index (χ1n) is 29.5. The first-order valence-corrected chi connectivity index (χ1v) is 29.5. The molecule has 16 rings (SSSR count). The zero-order valence-corrected chi connectivity index (χ0v) is 48.7.